The maximum absolute atomic E-state index is 12.7. The number of thiophene rings is 1. The van der Waals surface area contributed by atoms with Crippen molar-refractivity contribution < 1.29 is 14.4 Å². The number of amides is 3. The van der Waals surface area contributed by atoms with Gasteiger partial charge in [0, 0.05) is 30.0 Å². The number of carbonyl (C=O) groups is 3. The van der Waals surface area contributed by atoms with Crippen molar-refractivity contribution in [2.45, 2.75) is 32.2 Å². The topological polar surface area (TPSA) is 57.7 Å². The number of nitrogens with zero attached hydrogens (tertiary/aromatic N) is 2. The molecule has 1 atom stereocenters. The number of fused-ring (bicyclic) bond motifs is 2. The Hall–Kier alpha value is -2.47. The van der Waals surface area contributed by atoms with E-state index in [2.05, 4.69) is 11.4 Å². The average molecular weight is 368 g/mol. The number of hydrogen-bond acceptors (Lipinski definition) is 4. The zero-order valence-electron chi connectivity index (χ0n) is 14.6. The van der Waals surface area contributed by atoms with Gasteiger partial charge in [0.1, 0.15) is 0 Å². The Balaban J connectivity index is 1.44. The fourth-order valence-corrected chi connectivity index (χ4v) is 4.79. The monoisotopic (exact) mass is 368 g/mol. The molecule has 2 aliphatic rings. The molecule has 2 aromatic rings. The highest BCUT2D eigenvalue weighted by atomic mass is 32.1. The van der Waals surface area contributed by atoms with Gasteiger partial charge in [-0.1, -0.05) is 18.2 Å². The second-order valence-electron chi connectivity index (χ2n) is 6.75. The van der Waals surface area contributed by atoms with Crippen LogP contribution in [0.4, 0.5) is 0 Å². The molecule has 0 saturated heterocycles. The smallest absolute Gasteiger partial charge is 0.260 e. The van der Waals surface area contributed by atoms with E-state index >= 15 is 0 Å². The lowest BCUT2D eigenvalue weighted by Crippen LogP contribution is -2.45. The summed E-state index contributed by atoms with van der Waals surface area (Å²) in [5, 5.41) is 2.07. The van der Waals surface area contributed by atoms with E-state index in [0.29, 0.717) is 12.1 Å². The van der Waals surface area contributed by atoms with Crippen molar-refractivity contribution in [1.29, 1.82) is 0 Å². The number of imide groups is 1. The van der Waals surface area contributed by atoms with Crippen molar-refractivity contribution in [2.75, 3.05) is 13.1 Å². The maximum Gasteiger partial charge on any atom is 0.260 e. The molecule has 26 heavy (non-hydrogen) atoms. The standard InChI is InChI=1S/C20H20N2O3S/c1-13-15-8-11-26-17(15)6-9-21(13)18(23)7-10-22-19(24)12-14-4-2-3-5-16(14)20(22)25/h2-5,8,11,13H,6-7,9-10,12H2,1H3/t13-/m0/s1. The summed E-state index contributed by atoms with van der Waals surface area (Å²) >= 11 is 1.74. The van der Waals surface area contributed by atoms with Crippen LogP contribution >= 0.6 is 11.3 Å². The summed E-state index contributed by atoms with van der Waals surface area (Å²) in [6, 6.07) is 9.30. The molecule has 0 unspecified atom stereocenters. The van der Waals surface area contributed by atoms with E-state index in [4.69, 9.17) is 0 Å². The van der Waals surface area contributed by atoms with Crippen LogP contribution in [0.25, 0.3) is 0 Å². The van der Waals surface area contributed by atoms with Crippen LogP contribution in [0.3, 0.4) is 0 Å². The summed E-state index contributed by atoms with van der Waals surface area (Å²) in [7, 11) is 0. The van der Waals surface area contributed by atoms with Crippen LogP contribution in [0.15, 0.2) is 35.7 Å². The minimum atomic E-state index is -0.295. The fourth-order valence-electron chi connectivity index (χ4n) is 3.83. The van der Waals surface area contributed by atoms with E-state index in [1.807, 2.05) is 24.0 Å². The minimum Gasteiger partial charge on any atom is -0.335 e. The van der Waals surface area contributed by atoms with Gasteiger partial charge >= 0.3 is 0 Å². The van der Waals surface area contributed by atoms with Crippen LogP contribution in [-0.2, 0) is 22.4 Å². The zero-order valence-corrected chi connectivity index (χ0v) is 15.4. The Bertz CT molecular complexity index is 889. The maximum atomic E-state index is 12.7. The minimum absolute atomic E-state index is 0.00573. The quantitative estimate of drug-likeness (QED) is 0.783. The SMILES string of the molecule is C[C@H]1c2ccsc2CCN1C(=O)CCN1C(=O)Cc2ccccc2C1=O. The predicted octanol–water partition coefficient (Wildman–Crippen LogP) is 2.81. The normalized spacial score (nSPS) is 19.3. The fraction of sp³-hybridized carbons (Fsp3) is 0.350. The molecular formula is C20H20N2O3S. The first-order chi connectivity index (χ1) is 12.6. The van der Waals surface area contributed by atoms with Gasteiger partial charge < -0.3 is 4.90 Å². The Morgan fingerprint density at radius 2 is 2.04 bits per heavy atom. The molecule has 0 bridgehead atoms. The average Bonchev–Trinajstić information content (AvgIpc) is 3.11. The van der Waals surface area contributed by atoms with E-state index in [-0.39, 0.29) is 43.1 Å². The number of rotatable bonds is 3. The summed E-state index contributed by atoms with van der Waals surface area (Å²) in [5.74, 6) is -0.529. The third-order valence-corrected chi connectivity index (χ3v) is 6.28. The van der Waals surface area contributed by atoms with Crippen LogP contribution in [0, 0.1) is 0 Å². The largest absolute Gasteiger partial charge is 0.335 e. The van der Waals surface area contributed by atoms with Crippen molar-refractivity contribution in [3.05, 3.63) is 57.3 Å². The second-order valence-corrected chi connectivity index (χ2v) is 7.75. The highest BCUT2D eigenvalue weighted by Gasteiger charge is 2.32. The third-order valence-electron chi connectivity index (χ3n) is 5.28. The first-order valence-electron chi connectivity index (χ1n) is 8.84. The molecule has 1 aromatic carbocycles. The zero-order chi connectivity index (χ0) is 18.3. The van der Waals surface area contributed by atoms with E-state index in [0.717, 1.165) is 12.0 Å². The third kappa shape index (κ3) is 2.84. The van der Waals surface area contributed by atoms with Crippen molar-refractivity contribution in [2.24, 2.45) is 0 Å². The van der Waals surface area contributed by atoms with Crippen LogP contribution < -0.4 is 0 Å². The summed E-state index contributed by atoms with van der Waals surface area (Å²) in [4.78, 5) is 42.1. The van der Waals surface area contributed by atoms with Gasteiger partial charge in [-0.2, -0.15) is 0 Å². The second kappa shape index (κ2) is 6.68. The van der Waals surface area contributed by atoms with Gasteiger partial charge in [-0.25, -0.2) is 0 Å². The van der Waals surface area contributed by atoms with E-state index < -0.39 is 0 Å². The molecule has 0 spiro atoms. The number of benzene rings is 1. The van der Waals surface area contributed by atoms with Gasteiger partial charge in [0.25, 0.3) is 5.91 Å². The molecule has 5 nitrogen and oxygen atoms in total. The molecule has 4 rings (SSSR count). The first-order valence-corrected chi connectivity index (χ1v) is 9.72. The Morgan fingerprint density at radius 3 is 2.88 bits per heavy atom. The summed E-state index contributed by atoms with van der Waals surface area (Å²) in [6.07, 6.45) is 1.26. The Labute approximate surface area is 156 Å². The molecule has 0 fully saturated rings. The van der Waals surface area contributed by atoms with Gasteiger partial charge in [-0.15, -0.1) is 11.3 Å². The van der Waals surface area contributed by atoms with Crippen molar-refractivity contribution >= 4 is 29.1 Å². The summed E-state index contributed by atoms with van der Waals surface area (Å²) < 4.78 is 0. The van der Waals surface area contributed by atoms with Gasteiger partial charge in [0.2, 0.25) is 11.8 Å². The van der Waals surface area contributed by atoms with E-state index in [1.165, 1.54) is 15.3 Å². The molecule has 0 aliphatic carbocycles. The van der Waals surface area contributed by atoms with Crippen molar-refractivity contribution in [3.8, 4) is 0 Å². The van der Waals surface area contributed by atoms with Gasteiger partial charge in [0.05, 0.1) is 12.5 Å². The molecule has 1 aromatic heterocycles. The lowest BCUT2D eigenvalue weighted by molar-refractivity contribution is -0.134. The number of hydrogen-bond donors (Lipinski definition) is 0. The molecule has 2 aliphatic heterocycles. The van der Waals surface area contributed by atoms with Crippen LogP contribution in [0.2, 0.25) is 0 Å². The summed E-state index contributed by atoms with van der Waals surface area (Å²) in [6.45, 7) is 2.87. The Kier molecular flexibility index (Phi) is 4.36. The summed E-state index contributed by atoms with van der Waals surface area (Å²) in [5.41, 5.74) is 2.54. The van der Waals surface area contributed by atoms with Gasteiger partial charge in [0.15, 0.2) is 0 Å². The molecule has 134 valence electrons. The number of carbonyl (C=O) groups excluding carboxylic acids is 3. The molecule has 3 heterocycles. The molecule has 0 N–H and O–H groups in total. The molecule has 0 saturated carbocycles. The predicted molar refractivity (Wildman–Crippen MR) is 99.0 cm³/mol. The van der Waals surface area contributed by atoms with Gasteiger partial charge in [-0.05, 0) is 42.0 Å². The highest BCUT2D eigenvalue weighted by Crippen LogP contribution is 2.33. The molecule has 3 amide bonds. The highest BCUT2D eigenvalue weighted by molar-refractivity contribution is 7.10. The van der Waals surface area contributed by atoms with Crippen LogP contribution in [-0.4, -0.2) is 40.6 Å². The first kappa shape index (κ1) is 17.0. The molecule has 6 heteroatoms. The molecule has 0 radical (unpaired) electrons. The van der Waals surface area contributed by atoms with E-state index in [9.17, 15) is 14.4 Å². The van der Waals surface area contributed by atoms with Gasteiger partial charge in [-0.3, -0.25) is 19.3 Å². The lowest BCUT2D eigenvalue weighted by Gasteiger charge is -2.34. The van der Waals surface area contributed by atoms with Crippen LogP contribution in [0.5, 0.6) is 0 Å². The Morgan fingerprint density at radius 1 is 1.23 bits per heavy atom. The lowest BCUT2D eigenvalue weighted by atomic mass is 9.98. The van der Waals surface area contributed by atoms with Crippen LogP contribution in [0.1, 0.15) is 45.7 Å². The molecular weight excluding hydrogens is 348 g/mol. The van der Waals surface area contributed by atoms with Crippen molar-refractivity contribution in [3.63, 3.8) is 0 Å². The van der Waals surface area contributed by atoms with Crippen molar-refractivity contribution in [1.82, 2.24) is 9.80 Å². The van der Waals surface area contributed by atoms with E-state index in [1.54, 1.807) is 23.5 Å².